The van der Waals surface area contributed by atoms with E-state index in [2.05, 4.69) is 15.5 Å². The van der Waals surface area contributed by atoms with Crippen molar-refractivity contribution in [2.45, 2.75) is 51.0 Å². The topological polar surface area (TPSA) is 80.5 Å². The fraction of sp³-hybridized carbons (Fsp3) is 0.812. The number of nitrogens with zero attached hydrogens (tertiary/aromatic N) is 3. The first kappa shape index (κ1) is 16.2. The molecule has 7 nitrogen and oxygen atoms in total. The highest BCUT2D eigenvalue weighted by molar-refractivity contribution is 5.74. The van der Waals surface area contributed by atoms with Gasteiger partial charge >= 0.3 is 6.03 Å². The third-order valence-corrected chi connectivity index (χ3v) is 4.79. The minimum absolute atomic E-state index is 0.0906. The quantitative estimate of drug-likeness (QED) is 0.813. The molecule has 1 atom stereocenters. The summed E-state index contributed by atoms with van der Waals surface area (Å²) in [4.78, 5) is 18.1. The van der Waals surface area contributed by atoms with Gasteiger partial charge < -0.3 is 19.5 Å². The fourth-order valence-corrected chi connectivity index (χ4v) is 3.50. The van der Waals surface area contributed by atoms with E-state index in [1.807, 2.05) is 0 Å². The maximum absolute atomic E-state index is 11.8. The molecule has 2 amide bonds. The second kappa shape index (κ2) is 7.77. The van der Waals surface area contributed by atoms with E-state index in [4.69, 9.17) is 9.26 Å². The Hall–Kier alpha value is -1.63. The molecule has 1 aliphatic heterocycles. The molecular weight excluding hydrogens is 296 g/mol. The molecule has 128 valence electrons. The standard InChI is InChI=1S/C16H26N4O3/c1-17-16(21)20-9-4-7-13(20)15-18-14(19-23-15)8-10-22-11-12-5-2-3-6-12/h12-13H,2-11H2,1H3,(H,17,21)/t13-/m0/s1. The number of amides is 2. The number of urea groups is 1. The molecule has 2 heterocycles. The molecule has 1 saturated heterocycles. The predicted molar refractivity (Wildman–Crippen MR) is 83.9 cm³/mol. The summed E-state index contributed by atoms with van der Waals surface area (Å²) in [5.74, 6) is 1.93. The summed E-state index contributed by atoms with van der Waals surface area (Å²) in [5, 5.41) is 6.68. The summed E-state index contributed by atoms with van der Waals surface area (Å²) in [6, 6.07) is -0.192. The van der Waals surface area contributed by atoms with Crippen molar-refractivity contribution in [2.24, 2.45) is 5.92 Å². The van der Waals surface area contributed by atoms with E-state index in [9.17, 15) is 4.79 Å². The van der Waals surface area contributed by atoms with Crippen molar-refractivity contribution < 1.29 is 14.1 Å². The van der Waals surface area contributed by atoms with Crippen LogP contribution < -0.4 is 5.32 Å². The number of nitrogens with one attached hydrogen (secondary N) is 1. The van der Waals surface area contributed by atoms with Crippen molar-refractivity contribution >= 4 is 6.03 Å². The summed E-state index contributed by atoms with van der Waals surface area (Å²) in [7, 11) is 1.64. The molecule has 0 spiro atoms. The summed E-state index contributed by atoms with van der Waals surface area (Å²) < 4.78 is 11.1. The normalized spacial score (nSPS) is 22.0. The molecule has 1 aromatic rings. The van der Waals surface area contributed by atoms with Crippen molar-refractivity contribution in [3.8, 4) is 0 Å². The zero-order valence-electron chi connectivity index (χ0n) is 13.8. The van der Waals surface area contributed by atoms with Crippen LogP contribution >= 0.6 is 0 Å². The minimum Gasteiger partial charge on any atom is -0.381 e. The summed E-state index contributed by atoms with van der Waals surface area (Å²) >= 11 is 0. The van der Waals surface area contributed by atoms with E-state index in [0.29, 0.717) is 24.7 Å². The Morgan fingerprint density at radius 3 is 2.96 bits per heavy atom. The lowest BCUT2D eigenvalue weighted by Crippen LogP contribution is -2.37. The van der Waals surface area contributed by atoms with Gasteiger partial charge in [0.1, 0.15) is 6.04 Å². The zero-order valence-corrected chi connectivity index (χ0v) is 13.8. The van der Waals surface area contributed by atoms with E-state index in [0.717, 1.165) is 31.9 Å². The largest absolute Gasteiger partial charge is 0.381 e. The molecule has 1 N–H and O–H groups in total. The van der Waals surface area contributed by atoms with Gasteiger partial charge in [0, 0.05) is 26.6 Å². The molecule has 3 rings (SSSR count). The maximum atomic E-state index is 11.8. The number of ether oxygens (including phenoxy) is 1. The number of carbonyl (C=O) groups is 1. The van der Waals surface area contributed by atoms with Crippen molar-refractivity contribution in [3.63, 3.8) is 0 Å². The van der Waals surface area contributed by atoms with Gasteiger partial charge in [-0.15, -0.1) is 0 Å². The lowest BCUT2D eigenvalue weighted by atomic mass is 10.1. The Morgan fingerprint density at radius 2 is 2.17 bits per heavy atom. The average molecular weight is 322 g/mol. The van der Waals surface area contributed by atoms with Gasteiger partial charge in [-0.1, -0.05) is 18.0 Å². The van der Waals surface area contributed by atoms with E-state index in [1.165, 1.54) is 25.7 Å². The molecule has 2 aliphatic rings. The Kier molecular flexibility index (Phi) is 5.48. The molecule has 1 aromatic heterocycles. The Balaban J connectivity index is 1.46. The Labute approximate surface area is 136 Å². The zero-order chi connectivity index (χ0) is 16.1. The fourth-order valence-electron chi connectivity index (χ4n) is 3.50. The second-order valence-electron chi connectivity index (χ2n) is 6.43. The van der Waals surface area contributed by atoms with E-state index in [1.54, 1.807) is 11.9 Å². The molecule has 1 aliphatic carbocycles. The SMILES string of the molecule is CNC(=O)N1CCC[C@H]1c1nc(CCOCC2CCCC2)no1. The van der Waals surface area contributed by atoms with E-state index >= 15 is 0 Å². The molecule has 0 aromatic carbocycles. The van der Waals surface area contributed by atoms with Crippen LogP contribution in [0.4, 0.5) is 4.79 Å². The number of hydrogen-bond donors (Lipinski definition) is 1. The molecular formula is C16H26N4O3. The number of rotatable bonds is 6. The summed E-state index contributed by atoms with van der Waals surface area (Å²) in [6.45, 7) is 2.20. The van der Waals surface area contributed by atoms with Crippen LogP contribution in [-0.2, 0) is 11.2 Å². The lowest BCUT2D eigenvalue weighted by molar-refractivity contribution is 0.102. The number of aromatic nitrogens is 2. The van der Waals surface area contributed by atoms with Crippen LogP contribution in [-0.4, -0.2) is 47.9 Å². The molecule has 1 saturated carbocycles. The van der Waals surface area contributed by atoms with Crippen molar-refractivity contribution in [1.29, 1.82) is 0 Å². The molecule has 0 unspecified atom stereocenters. The Bertz CT molecular complexity index is 513. The van der Waals surface area contributed by atoms with Crippen molar-refractivity contribution in [2.75, 3.05) is 26.8 Å². The Morgan fingerprint density at radius 1 is 1.35 bits per heavy atom. The van der Waals surface area contributed by atoms with Crippen LogP contribution in [0.15, 0.2) is 4.52 Å². The lowest BCUT2D eigenvalue weighted by Gasteiger charge is -2.20. The van der Waals surface area contributed by atoms with Crippen LogP contribution in [0.2, 0.25) is 0 Å². The van der Waals surface area contributed by atoms with Crippen LogP contribution in [0, 0.1) is 5.92 Å². The van der Waals surface area contributed by atoms with Crippen molar-refractivity contribution in [1.82, 2.24) is 20.4 Å². The maximum Gasteiger partial charge on any atom is 0.317 e. The molecule has 2 fully saturated rings. The van der Waals surface area contributed by atoms with Gasteiger partial charge in [0.05, 0.1) is 6.61 Å². The molecule has 0 bridgehead atoms. The van der Waals surface area contributed by atoms with Gasteiger partial charge in [-0.3, -0.25) is 0 Å². The third-order valence-electron chi connectivity index (χ3n) is 4.79. The number of carbonyl (C=O) groups excluding carboxylic acids is 1. The van der Waals surface area contributed by atoms with Crippen LogP contribution in [0.3, 0.4) is 0 Å². The van der Waals surface area contributed by atoms with Gasteiger partial charge in [0.15, 0.2) is 5.82 Å². The van der Waals surface area contributed by atoms with Crippen LogP contribution in [0.25, 0.3) is 0 Å². The summed E-state index contributed by atoms with van der Waals surface area (Å²) in [5.41, 5.74) is 0. The third kappa shape index (κ3) is 4.02. The summed E-state index contributed by atoms with van der Waals surface area (Å²) in [6.07, 6.45) is 7.75. The molecule has 0 radical (unpaired) electrons. The minimum atomic E-state index is -0.101. The van der Waals surface area contributed by atoms with Crippen LogP contribution in [0.1, 0.15) is 56.3 Å². The highest BCUT2D eigenvalue weighted by Gasteiger charge is 2.33. The number of likely N-dealkylation sites (tertiary alicyclic amines) is 1. The van der Waals surface area contributed by atoms with Gasteiger partial charge in [-0.25, -0.2) is 4.79 Å². The van der Waals surface area contributed by atoms with Gasteiger partial charge in [0.2, 0.25) is 5.89 Å². The van der Waals surface area contributed by atoms with Gasteiger partial charge in [-0.05, 0) is 31.6 Å². The predicted octanol–water partition coefficient (Wildman–Crippen LogP) is 2.30. The second-order valence-corrected chi connectivity index (χ2v) is 6.43. The highest BCUT2D eigenvalue weighted by atomic mass is 16.5. The molecule has 23 heavy (non-hydrogen) atoms. The van der Waals surface area contributed by atoms with Crippen molar-refractivity contribution in [3.05, 3.63) is 11.7 Å². The van der Waals surface area contributed by atoms with E-state index < -0.39 is 0 Å². The monoisotopic (exact) mass is 322 g/mol. The first-order valence-electron chi connectivity index (χ1n) is 8.66. The highest BCUT2D eigenvalue weighted by Crippen LogP contribution is 2.30. The van der Waals surface area contributed by atoms with E-state index in [-0.39, 0.29) is 12.1 Å². The first-order valence-corrected chi connectivity index (χ1v) is 8.66. The molecule has 7 heteroatoms. The number of hydrogen-bond acceptors (Lipinski definition) is 5. The average Bonchev–Trinajstić information content (AvgIpc) is 3.31. The first-order chi connectivity index (χ1) is 11.3. The van der Waals surface area contributed by atoms with Gasteiger partial charge in [0.25, 0.3) is 0 Å². The van der Waals surface area contributed by atoms with Gasteiger partial charge in [-0.2, -0.15) is 4.98 Å². The van der Waals surface area contributed by atoms with Crippen LogP contribution in [0.5, 0.6) is 0 Å². The smallest absolute Gasteiger partial charge is 0.317 e.